The minimum Gasteiger partial charge on any atom is -0.363 e. The van der Waals surface area contributed by atoms with Crippen molar-refractivity contribution < 1.29 is 32.4 Å². The molecule has 14 nitrogen and oxygen atoms in total. The van der Waals surface area contributed by atoms with Crippen LogP contribution in [0.1, 0.15) is 107 Å². The van der Waals surface area contributed by atoms with Gasteiger partial charge in [-0.1, -0.05) is 81.1 Å². The summed E-state index contributed by atoms with van der Waals surface area (Å²) < 4.78 is 27.9. The normalized spacial score (nSPS) is 25.9. The molecule has 290 valence electrons. The Morgan fingerprint density at radius 2 is 1.47 bits per heavy atom. The van der Waals surface area contributed by atoms with E-state index in [4.69, 9.17) is 5.73 Å². The van der Waals surface area contributed by atoms with Crippen LogP contribution >= 0.6 is 0 Å². The monoisotopic (exact) mass is 737 g/mol. The van der Waals surface area contributed by atoms with E-state index in [1.807, 2.05) is 41.5 Å². The average Bonchev–Trinajstić information content (AvgIpc) is 3.18. The molecule has 1 saturated heterocycles. The largest absolute Gasteiger partial charge is 0.363 e. The van der Waals surface area contributed by atoms with Crippen molar-refractivity contribution in [2.75, 3.05) is 34.2 Å². The van der Waals surface area contributed by atoms with E-state index in [9.17, 15) is 32.4 Å². The molecule has 0 bridgehead atoms. The maximum atomic E-state index is 14.8. The summed E-state index contributed by atoms with van der Waals surface area (Å²) in [6, 6.07) is -4.29. The summed E-state index contributed by atoms with van der Waals surface area (Å²) in [5.41, 5.74) is 3.64. The van der Waals surface area contributed by atoms with Crippen molar-refractivity contribution >= 4 is 39.7 Å². The fourth-order valence-electron chi connectivity index (χ4n) is 9.11. The zero-order valence-corrected chi connectivity index (χ0v) is 33.5. The lowest BCUT2D eigenvalue weighted by atomic mass is 9.73. The number of nitrogens with one attached hydrogen (secondary N) is 3. The van der Waals surface area contributed by atoms with E-state index in [1.165, 1.54) is 25.4 Å². The Morgan fingerprint density at radius 3 is 1.88 bits per heavy atom. The molecule has 1 aliphatic heterocycles. The van der Waals surface area contributed by atoms with Crippen molar-refractivity contribution in [3.8, 4) is 0 Å². The highest BCUT2D eigenvalue weighted by Gasteiger charge is 2.85. The number of fused-ring (bicyclic) bond motifs is 1. The van der Waals surface area contributed by atoms with E-state index in [2.05, 4.69) is 29.8 Å². The number of amides is 5. The molecule has 1 unspecified atom stereocenters. The number of nitrogens with two attached hydrogens (primary N) is 1. The fourth-order valence-corrected chi connectivity index (χ4v) is 10.0. The summed E-state index contributed by atoms with van der Waals surface area (Å²) in [7, 11) is 0.576. The number of primary amides is 1. The first-order chi connectivity index (χ1) is 23.2. The molecule has 0 aromatic rings. The van der Waals surface area contributed by atoms with Crippen LogP contribution in [-0.4, -0.2) is 110 Å². The number of rotatable bonds is 13. The van der Waals surface area contributed by atoms with Gasteiger partial charge in [0.25, 0.3) is 16.1 Å². The van der Waals surface area contributed by atoms with Crippen molar-refractivity contribution in [2.24, 2.45) is 38.7 Å². The Morgan fingerprint density at radius 1 is 0.882 bits per heavy atom. The summed E-state index contributed by atoms with van der Waals surface area (Å²) in [5, 5.41) is 8.66. The number of likely N-dealkylation sites (tertiary alicyclic amines) is 1. The highest BCUT2D eigenvalue weighted by Crippen LogP contribution is 2.88. The van der Waals surface area contributed by atoms with Crippen LogP contribution in [0.2, 0.25) is 0 Å². The Labute approximate surface area is 304 Å². The highest BCUT2D eigenvalue weighted by molar-refractivity contribution is 7.86. The Hall–Kier alpha value is -2.78. The van der Waals surface area contributed by atoms with Crippen LogP contribution in [0.5, 0.6) is 0 Å². The van der Waals surface area contributed by atoms with Crippen LogP contribution in [0.3, 0.4) is 0 Å². The number of hydrogen-bond acceptors (Lipinski definition) is 7. The highest BCUT2D eigenvalue weighted by atomic mass is 32.2. The second-order valence-corrected chi connectivity index (χ2v) is 20.8. The molecule has 5 atom stereocenters. The summed E-state index contributed by atoms with van der Waals surface area (Å²) in [5.74, 6) is -2.64. The summed E-state index contributed by atoms with van der Waals surface area (Å²) in [4.78, 5) is 69.3. The number of likely N-dealkylation sites (N-methyl/N-ethyl adjacent to an activating group) is 1. The first-order valence-corrected chi connectivity index (χ1v) is 19.8. The predicted molar refractivity (Wildman–Crippen MR) is 194 cm³/mol. The van der Waals surface area contributed by atoms with Crippen molar-refractivity contribution in [1.82, 2.24) is 29.5 Å². The number of nitrogens with zero attached hydrogens (tertiary/aromatic N) is 3. The molecule has 1 heterocycles. The van der Waals surface area contributed by atoms with E-state index in [1.54, 1.807) is 4.90 Å². The molecule has 4 aliphatic rings. The maximum Gasteiger partial charge on any atom is 0.315 e. The number of carbonyl (C=O) groups excluding carboxylic acids is 5. The fraction of sp³-hybridized carbons (Fsp3) is 0.861. The summed E-state index contributed by atoms with van der Waals surface area (Å²) in [6.07, 6.45) is 6.68. The molecule has 3 aliphatic carbocycles. The van der Waals surface area contributed by atoms with Gasteiger partial charge >= 0.3 is 6.03 Å². The van der Waals surface area contributed by atoms with E-state index in [0.717, 1.165) is 42.8 Å². The van der Waals surface area contributed by atoms with Gasteiger partial charge in [0.15, 0.2) is 0 Å². The zero-order chi connectivity index (χ0) is 38.7. The molecule has 0 radical (unpaired) electrons. The van der Waals surface area contributed by atoms with Crippen LogP contribution in [0.15, 0.2) is 0 Å². The van der Waals surface area contributed by atoms with E-state index >= 15 is 0 Å². The second-order valence-electron chi connectivity index (χ2n) is 18.6. The van der Waals surface area contributed by atoms with Gasteiger partial charge in [0, 0.05) is 45.7 Å². The van der Waals surface area contributed by atoms with Gasteiger partial charge in [-0.15, -0.1) is 0 Å². The van der Waals surface area contributed by atoms with Gasteiger partial charge in [0.05, 0.1) is 6.04 Å². The van der Waals surface area contributed by atoms with Gasteiger partial charge in [0.1, 0.15) is 12.1 Å². The zero-order valence-electron chi connectivity index (χ0n) is 32.6. The van der Waals surface area contributed by atoms with Crippen LogP contribution in [-0.2, 0) is 29.4 Å². The molecule has 3 saturated carbocycles. The van der Waals surface area contributed by atoms with E-state index < -0.39 is 74.7 Å². The molecule has 4 fully saturated rings. The number of carbonyl (C=O) groups is 5. The van der Waals surface area contributed by atoms with Crippen molar-refractivity contribution in [3.63, 3.8) is 0 Å². The van der Waals surface area contributed by atoms with Gasteiger partial charge < -0.3 is 26.6 Å². The SMILES string of the molecule is CN(C)S(=O)(=O)N(C)C[C@@H](NC(=O)N[C@H](C(=O)N1C[C@]2(C[C@H]1C(=O)NC(CC1CCC1)C(=O)C(N)=O)C(C)(C)C21CCC1)C(C)(C)C)C(C)(C)C. The smallest absolute Gasteiger partial charge is 0.315 e. The Kier molecular flexibility index (Phi) is 11.2. The molecule has 2 spiro atoms. The minimum atomic E-state index is -3.75. The molecule has 0 aromatic carbocycles. The lowest BCUT2D eigenvalue weighted by Gasteiger charge is -2.38. The first-order valence-electron chi connectivity index (χ1n) is 18.4. The Balaban J connectivity index is 1.61. The average molecular weight is 738 g/mol. The molecule has 4 rings (SSSR count). The van der Waals surface area contributed by atoms with E-state index in [-0.39, 0.29) is 28.7 Å². The summed E-state index contributed by atoms with van der Waals surface area (Å²) in [6.45, 7) is 15.9. The van der Waals surface area contributed by atoms with Gasteiger partial charge in [-0.2, -0.15) is 17.0 Å². The molecular formula is C36H63N7O7S. The third-order valence-corrected chi connectivity index (χ3v) is 15.0. The standard InChI is InChI=1S/C36H63N7O7S/c1-32(2,3)25(20-42(11)51(49,50)41(9)10)39-31(48)40-27(33(4,5)6)30(47)43-21-36(34(7,8)35(36)16-13-17-35)19-24(43)29(46)38-23(26(44)28(37)45)18-22-14-12-15-22/h22-25,27H,12-21H2,1-11H3,(H2,37,45)(H,38,46)(H2,39,40,48)/t23?,24-,25+,27+,36+/m0/s1. The van der Waals surface area contributed by atoms with Crippen molar-refractivity contribution in [1.29, 1.82) is 0 Å². The van der Waals surface area contributed by atoms with E-state index in [0.29, 0.717) is 19.4 Å². The molecular weight excluding hydrogens is 675 g/mol. The number of ketones is 1. The number of hydrogen-bond donors (Lipinski definition) is 4. The van der Waals surface area contributed by atoms with Crippen molar-refractivity contribution in [3.05, 3.63) is 0 Å². The van der Waals surface area contributed by atoms with Crippen LogP contribution in [0.4, 0.5) is 4.79 Å². The quantitative estimate of drug-likeness (QED) is 0.209. The van der Waals surface area contributed by atoms with Crippen LogP contribution in [0, 0.1) is 33.0 Å². The molecule has 51 heavy (non-hydrogen) atoms. The van der Waals surface area contributed by atoms with Crippen molar-refractivity contribution in [2.45, 2.75) is 131 Å². The molecule has 15 heteroatoms. The first kappa shape index (κ1) is 41.0. The topological polar surface area (TPSA) is 191 Å². The lowest BCUT2D eigenvalue weighted by molar-refractivity contribution is -0.143. The van der Waals surface area contributed by atoms with Gasteiger partial charge in [0.2, 0.25) is 17.6 Å². The van der Waals surface area contributed by atoms with Gasteiger partial charge in [-0.05, 0) is 53.3 Å². The number of Topliss-reactive ketones (excluding diaryl/α,β-unsaturated/α-hetero) is 1. The second kappa shape index (κ2) is 13.9. The maximum absolute atomic E-state index is 14.8. The van der Waals surface area contributed by atoms with Gasteiger partial charge in [-0.25, -0.2) is 4.79 Å². The number of urea groups is 1. The lowest BCUT2D eigenvalue weighted by Crippen LogP contribution is -2.62. The van der Waals surface area contributed by atoms with Gasteiger partial charge in [-0.3, -0.25) is 19.2 Å². The molecule has 5 N–H and O–H groups in total. The van der Waals surface area contributed by atoms with Crippen LogP contribution in [0.25, 0.3) is 0 Å². The molecule has 0 aromatic heterocycles. The van der Waals surface area contributed by atoms with Crippen LogP contribution < -0.4 is 21.7 Å². The predicted octanol–water partition coefficient (Wildman–Crippen LogP) is 2.38. The summed E-state index contributed by atoms with van der Waals surface area (Å²) >= 11 is 0. The third kappa shape index (κ3) is 7.40. The molecule has 5 amide bonds. The minimum absolute atomic E-state index is 0.00280. The third-order valence-electron chi connectivity index (χ3n) is 13.1. The Bertz CT molecular complexity index is 1510.